The van der Waals surface area contributed by atoms with Gasteiger partial charge >= 0.3 is 6.18 Å². The number of ether oxygens (including phenoxy) is 1. The Hall–Kier alpha value is -1.15. The molecular formula is C10H16F3N3O2. The molecule has 2 N–H and O–H groups in total. The number of aromatic nitrogens is 2. The molecule has 0 fully saturated rings. The molecule has 0 atom stereocenters. The van der Waals surface area contributed by atoms with E-state index in [0.29, 0.717) is 18.9 Å². The number of rotatable bonds is 8. The molecule has 0 bridgehead atoms. The maximum atomic E-state index is 11.8. The first-order chi connectivity index (χ1) is 8.51. The molecule has 1 heterocycles. The summed E-state index contributed by atoms with van der Waals surface area (Å²) in [5.74, 6) is 0.547. The van der Waals surface area contributed by atoms with Crippen LogP contribution in [0.3, 0.4) is 0 Å². The third kappa shape index (κ3) is 6.55. The average molecular weight is 267 g/mol. The Morgan fingerprint density at radius 2 is 2.00 bits per heavy atom. The van der Waals surface area contributed by atoms with E-state index in [4.69, 9.17) is 10.3 Å². The minimum atomic E-state index is -4.34. The highest BCUT2D eigenvalue weighted by Gasteiger charge is 2.27. The van der Waals surface area contributed by atoms with Gasteiger partial charge in [0.05, 0.1) is 0 Å². The summed E-state index contributed by atoms with van der Waals surface area (Å²) >= 11 is 0. The summed E-state index contributed by atoms with van der Waals surface area (Å²) in [4.78, 5) is 3.93. The topological polar surface area (TPSA) is 74.2 Å². The lowest BCUT2D eigenvalue weighted by atomic mass is 10.2. The van der Waals surface area contributed by atoms with Crippen molar-refractivity contribution in [1.82, 2.24) is 10.1 Å². The monoisotopic (exact) mass is 267 g/mol. The van der Waals surface area contributed by atoms with E-state index in [2.05, 4.69) is 14.9 Å². The Kier molecular flexibility index (Phi) is 6.06. The van der Waals surface area contributed by atoms with E-state index in [1.54, 1.807) is 0 Å². The molecule has 8 heteroatoms. The van der Waals surface area contributed by atoms with Gasteiger partial charge in [0.2, 0.25) is 5.89 Å². The second-order valence-corrected chi connectivity index (χ2v) is 3.81. The molecule has 1 aromatic heterocycles. The zero-order valence-corrected chi connectivity index (χ0v) is 9.87. The zero-order chi connectivity index (χ0) is 13.4. The van der Waals surface area contributed by atoms with Crippen molar-refractivity contribution in [3.63, 3.8) is 0 Å². The van der Waals surface area contributed by atoms with Crippen LogP contribution in [-0.2, 0) is 17.8 Å². The number of hydrogen-bond donors (Lipinski definition) is 1. The lowest BCUT2D eigenvalue weighted by molar-refractivity contribution is -0.177. The van der Waals surface area contributed by atoms with Crippen LogP contribution in [0.1, 0.15) is 31.0 Å². The lowest BCUT2D eigenvalue weighted by Gasteiger charge is -2.04. The molecule has 1 aromatic rings. The van der Waals surface area contributed by atoms with Crippen molar-refractivity contribution in [2.45, 2.75) is 38.5 Å². The van der Waals surface area contributed by atoms with Crippen LogP contribution in [0.4, 0.5) is 13.2 Å². The predicted octanol–water partition coefficient (Wildman–Crippen LogP) is 1.82. The smallest absolute Gasteiger partial charge is 0.364 e. The standard InChI is InChI=1S/C10H16F3N3O2/c11-10(12,13)7-17-6-8-15-9(18-16-8)4-2-1-3-5-14/h1-7,14H2. The van der Waals surface area contributed by atoms with Crippen molar-refractivity contribution < 1.29 is 22.4 Å². The number of nitrogens with zero attached hydrogens (tertiary/aromatic N) is 2. The highest BCUT2D eigenvalue weighted by atomic mass is 19.4. The SMILES string of the molecule is NCCCCCc1nc(COCC(F)(F)F)no1. The number of unbranched alkanes of at least 4 members (excludes halogenated alkanes) is 2. The van der Waals surface area contributed by atoms with E-state index in [1.165, 1.54) is 0 Å². The van der Waals surface area contributed by atoms with Gasteiger partial charge in [-0.1, -0.05) is 11.6 Å². The number of nitrogens with two attached hydrogens (primary N) is 1. The van der Waals surface area contributed by atoms with E-state index < -0.39 is 12.8 Å². The summed E-state index contributed by atoms with van der Waals surface area (Å²) in [6.07, 6.45) is -0.988. The molecule has 0 aliphatic heterocycles. The molecule has 1 rings (SSSR count). The highest BCUT2D eigenvalue weighted by molar-refractivity contribution is 4.84. The molecule has 0 amide bonds. The lowest BCUT2D eigenvalue weighted by Crippen LogP contribution is -2.16. The quantitative estimate of drug-likeness (QED) is 0.727. The largest absolute Gasteiger partial charge is 0.411 e. The Morgan fingerprint density at radius 3 is 2.67 bits per heavy atom. The van der Waals surface area contributed by atoms with Crippen molar-refractivity contribution >= 4 is 0 Å². The second kappa shape index (κ2) is 7.32. The molecule has 0 aliphatic rings. The van der Waals surface area contributed by atoms with Gasteiger partial charge in [-0.3, -0.25) is 0 Å². The molecule has 0 radical (unpaired) electrons. The van der Waals surface area contributed by atoms with E-state index in [-0.39, 0.29) is 12.4 Å². The molecule has 0 spiro atoms. The van der Waals surface area contributed by atoms with Gasteiger partial charge in [0.25, 0.3) is 0 Å². The van der Waals surface area contributed by atoms with Crippen LogP contribution in [-0.4, -0.2) is 29.5 Å². The fourth-order valence-electron chi connectivity index (χ4n) is 1.31. The normalized spacial score (nSPS) is 12.0. The molecule has 5 nitrogen and oxygen atoms in total. The van der Waals surface area contributed by atoms with Gasteiger partial charge in [-0.15, -0.1) is 0 Å². The Balaban J connectivity index is 2.21. The number of halogens is 3. The van der Waals surface area contributed by atoms with Crippen LogP contribution in [0, 0.1) is 0 Å². The molecule has 0 saturated heterocycles. The first kappa shape index (κ1) is 14.9. The molecule has 0 aromatic carbocycles. The van der Waals surface area contributed by atoms with Gasteiger partial charge < -0.3 is 15.0 Å². The molecule has 0 saturated carbocycles. The van der Waals surface area contributed by atoms with Gasteiger partial charge in [0.15, 0.2) is 5.82 Å². The summed E-state index contributed by atoms with van der Waals surface area (Å²) in [6, 6.07) is 0. The Labute approximate surface area is 102 Å². The van der Waals surface area contributed by atoms with Crippen molar-refractivity contribution in [2.75, 3.05) is 13.2 Å². The van der Waals surface area contributed by atoms with Crippen molar-refractivity contribution in [3.05, 3.63) is 11.7 Å². The van der Waals surface area contributed by atoms with Crippen molar-refractivity contribution in [2.24, 2.45) is 5.73 Å². The third-order valence-electron chi connectivity index (χ3n) is 2.10. The van der Waals surface area contributed by atoms with E-state index in [0.717, 1.165) is 19.3 Å². The second-order valence-electron chi connectivity index (χ2n) is 3.81. The minimum absolute atomic E-state index is 0.132. The van der Waals surface area contributed by atoms with Crippen molar-refractivity contribution in [1.29, 1.82) is 0 Å². The maximum absolute atomic E-state index is 11.8. The summed E-state index contributed by atoms with van der Waals surface area (Å²) < 4.78 is 44.7. The van der Waals surface area contributed by atoms with Gasteiger partial charge in [0.1, 0.15) is 13.2 Å². The van der Waals surface area contributed by atoms with E-state index in [9.17, 15) is 13.2 Å². The third-order valence-corrected chi connectivity index (χ3v) is 2.10. The maximum Gasteiger partial charge on any atom is 0.411 e. The number of aryl methyl sites for hydroxylation is 1. The first-order valence-electron chi connectivity index (χ1n) is 5.67. The Morgan fingerprint density at radius 1 is 1.22 bits per heavy atom. The van der Waals surface area contributed by atoms with Crippen LogP contribution in [0.2, 0.25) is 0 Å². The number of alkyl halides is 3. The van der Waals surface area contributed by atoms with Crippen molar-refractivity contribution in [3.8, 4) is 0 Å². The predicted molar refractivity (Wildman–Crippen MR) is 56.6 cm³/mol. The van der Waals surface area contributed by atoms with Gasteiger partial charge in [-0.25, -0.2) is 0 Å². The van der Waals surface area contributed by atoms with Gasteiger partial charge in [-0.05, 0) is 19.4 Å². The van der Waals surface area contributed by atoms with Gasteiger partial charge in [-0.2, -0.15) is 18.2 Å². The molecular weight excluding hydrogens is 251 g/mol. The fraction of sp³-hybridized carbons (Fsp3) is 0.800. The van der Waals surface area contributed by atoms with Crippen LogP contribution in [0.15, 0.2) is 4.52 Å². The highest BCUT2D eigenvalue weighted by Crippen LogP contribution is 2.15. The molecule has 0 unspecified atom stereocenters. The summed E-state index contributed by atoms with van der Waals surface area (Å²) in [6.45, 7) is -0.973. The molecule has 18 heavy (non-hydrogen) atoms. The average Bonchev–Trinajstić information content (AvgIpc) is 2.71. The van der Waals surface area contributed by atoms with E-state index in [1.807, 2.05) is 0 Å². The van der Waals surface area contributed by atoms with Crippen LogP contribution in [0.5, 0.6) is 0 Å². The summed E-state index contributed by atoms with van der Waals surface area (Å²) in [7, 11) is 0. The summed E-state index contributed by atoms with van der Waals surface area (Å²) in [5, 5.41) is 3.53. The number of hydrogen-bond acceptors (Lipinski definition) is 5. The van der Waals surface area contributed by atoms with E-state index >= 15 is 0 Å². The first-order valence-corrected chi connectivity index (χ1v) is 5.67. The minimum Gasteiger partial charge on any atom is -0.364 e. The Bertz CT molecular complexity index is 341. The van der Waals surface area contributed by atoms with Gasteiger partial charge in [0, 0.05) is 6.42 Å². The zero-order valence-electron chi connectivity index (χ0n) is 9.87. The molecule has 104 valence electrons. The van der Waals surface area contributed by atoms with Crippen LogP contribution >= 0.6 is 0 Å². The van der Waals surface area contributed by atoms with Crippen LogP contribution in [0.25, 0.3) is 0 Å². The molecule has 0 aliphatic carbocycles. The summed E-state index contributed by atoms with van der Waals surface area (Å²) in [5.41, 5.74) is 5.34. The van der Waals surface area contributed by atoms with Crippen LogP contribution < -0.4 is 5.73 Å². The fourth-order valence-corrected chi connectivity index (χ4v) is 1.31.